The molecule has 0 saturated carbocycles. The lowest BCUT2D eigenvalue weighted by molar-refractivity contribution is -0.153. The number of rotatable bonds is 9. The normalized spacial score (nSPS) is 13.8. The van der Waals surface area contributed by atoms with Gasteiger partial charge in [0.2, 0.25) is 5.91 Å². The van der Waals surface area contributed by atoms with E-state index in [1.165, 1.54) is 22.3 Å². The van der Waals surface area contributed by atoms with Crippen molar-refractivity contribution >= 4 is 52.3 Å². The van der Waals surface area contributed by atoms with Gasteiger partial charge in [0.15, 0.2) is 5.82 Å². The lowest BCUT2D eigenvalue weighted by atomic mass is 9.95. The van der Waals surface area contributed by atoms with Gasteiger partial charge in [-0.25, -0.2) is 14.4 Å². The minimum absolute atomic E-state index is 0.102. The number of benzene rings is 3. The van der Waals surface area contributed by atoms with Crippen LogP contribution in [0.3, 0.4) is 0 Å². The van der Waals surface area contributed by atoms with E-state index in [9.17, 15) is 19.5 Å². The molecule has 2 N–H and O–H groups in total. The van der Waals surface area contributed by atoms with Crippen LogP contribution in [0.15, 0.2) is 85.2 Å². The summed E-state index contributed by atoms with van der Waals surface area (Å²) >= 11 is 13.5. The highest BCUT2D eigenvalue weighted by Crippen LogP contribution is 2.32. The highest BCUT2D eigenvalue weighted by atomic mass is 35.5. The molecular formula is C38H33Cl2FN4O4S. The Morgan fingerprint density at radius 3 is 2.14 bits per heavy atom. The number of nitrogens with zero attached hydrogens (tertiary/aromatic N) is 3. The molecule has 1 fully saturated rings. The summed E-state index contributed by atoms with van der Waals surface area (Å²) in [6.45, 7) is 6.41. The van der Waals surface area contributed by atoms with Crippen LogP contribution in [0.1, 0.15) is 40.9 Å². The molecule has 1 aliphatic heterocycles. The second-order valence-corrected chi connectivity index (χ2v) is 15.1. The average Bonchev–Trinajstić information content (AvgIpc) is 3.57. The number of carbonyl (C=O) groups is 3. The Morgan fingerprint density at radius 1 is 0.900 bits per heavy atom. The van der Waals surface area contributed by atoms with E-state index in [4.69, 9.17) is 23.2 Å². The van der Waals surface area contributed by atoms with Crippen LogP contribution >= 0.6 is 34.5 Å². The van der Waals surface area contributed by atoms with E-state index in [1.54, 1.807) is 48.8 Å². The predicted molar refractivity (Wildman–Crippen MR) is 194 cm³/mol. The molecule has 6 rings (SSSR count). The molecule has 8 nitrogen and oxygen atoms in total. The first-order chi connectivity index (χ1) is 23.8. The van der Waals surface area contributed by atoms with E-state index in [0.29, 0.717) is 43.0 Å². The number of halogens is 3. The van der Waals surface area contributed by atoms with Gasteiger partial charge in [-0.05, 0) is 52.4 Å². The summed E-state index contributed by atoms with van der Waals surface area (Å²) < 4.78 is 15.2. The van der Waals surface area contributed by atoms with Crippen LogP contribution in [-0.2, 0) is 21.4 Å². The van der Waals surface area contributed by atoms with E-state index < -0.39 is 23.7 Å². The Balaban J connectivity index is 1.16. The van der Waals surface area contributed by atoms with Crippen molar-refractivity contribution in [2.24, 2.45) is 5.92 Å². The summed E-state index contributed by atoms with van der Waals surface area (Å²) in [6, 6.07) is 20.1. The number of carboxylic acids is 1. The Hall–Kier alpha value is -4.64. The first-order valence-electron chi connectivity index (χ1n) is 15.9. The fourth-order valence-electron chi connectivity index (χ4n) is 5.57. The maximum Gasteiger partial charge on any atom is 0.310 e. The van der Waals surface area contributed by atoms with E-state index in [2.05, 4.69) is 36.1 Å². The molecule has 1 atom stereocenters. The monoisotopic (exact) mass is 730 g/mol. The molecule has 3 heterocycles. The molecule has 0 unspecified atom stereocenters. The van der Waals surface area contributed by atoms with Crippen molar-refractivity contribution in [3.8, 4) is 33.6 Å². The van der Waals surface area contributed by atoms with Crippen molar-refractivity contribution < 1.29 is 23.9 Å². The molecule has 2 aromatic heterocycles. The van der Waals surface area contributed by atoms with Crippen LogP contribution in [-0.4, -0.2) is 56.9 Å². The van der Waals surface area contributed by atoms with Gasteiger partial charge in [0.1, 0.15) is 11.9 Å². The van der Waals surface area contributed by atoms with Crippen LogP contribution in [0.25, 0.3) is 33.6 Å². The van der Waals surface area contributed by atoms with Crippen molar-refractivity contribution in [3.05, 3.63) is 116 Å². The van der Waals surface area contributed by atoms with Gasteiger partial charge in [-0.1, -0.05) is 86.4 Å². The van der Waals surface area contributed by atoms with Gasteiger partial charge in [-0.2, -0.15) is 0 Å². The summed E-state index contributed by atoms with van der Waals surface area (Å²) in [7, 11) is 0. The summed E-state index contributed by atoms with van der Waals surface area (Å²) in [5.41, 5.74) is 3.63. The van der Waals surface area contributed by atoms with E-state index in [1.807, 2.05) is 30.3 Å². The number of hydrogen-bond acceptors (Lipinski definition) is 6. The smallest absolute Gasteiger partial charge is 0.310 e. The number of amides is 2. The van der Waals surface area contributed by atoms with Crippen molar-refractivity contribution in [1.82, 2.24) is 20.2 Å². The van der Waals surface area contributed by atoms with Crippen LogP contribution in [0.5, 0.6) is 0 Å². The molecular weight excluding hydrogens is 698 g/mol. The molecule has 1 aliphatic rings. The van der Waals surface area contributed by atoms with Gasteiger partial charge in [0.25, 0.3) is 5.91 Å². The van der Waals surface area contributed by atoms with Gasteiger partial charge in [-0.15, -0.1) is 11.3 Å². The Bertz CT molecular complexity index is 2070. The van der Waals surface area contributed by atoms with Crippen LogP contribution in [0.2, 0.25) is 10.0 Å². The molecule has 0 aliphatic carbocycles. The summed E-state index contributed by atoms with van der Waals surface area (Å²) in [6.07, 6.45) is 3.32. The van der Waals surface area contributed by atoms with Gasteiger partial charge in [-0.3, -0.25) is 14.4 Å². The van der Waals surface area contributed by atoms with Gasteiger partial charge in [0, 0.05) is 53.5 Å². The number of hydrogen-bond donors (Lipinski definition) is 2. The van der Waals surface area contributed by atoms with Gasteiger partial charge in [0.05, 0.1) is 20.8 Å². The molecule has 2 amide bonds. The fourth-order valence-corrected chi connectivity index (χ4v) is 6.84. The number of thiophene rings is 1. The molecule has 5 aromatic rings. The van der Waals surface area contributed by atoms with Crippen LogP contribution in [0.4, 0.5) is 4.39 Å². The first-order valence-corrected chi connectivity index (χ1v) is 17.4. The van der Waals surface area contributed by atoms with Crippen molar-refractivity contribution in [2.75, 3.05) is 13.1 Å². The number of likely N-dealkylation sites (tertiary alicyclic amines) is 1. The van der Waals surface area contributed by atoms with Crippen LogP contribution < -0.4 is 5.32 Å². The maximum atomic E-state index is 15.2. The third-order valence-electron chi connectivity index (χ3n) is 8.55. The van der Waals surface area contributed by atoms with E-state index >= 15 is 4.39 Å². The van der Waals surface area contributed by atoms with E-state index in [0.717, 1.165) is 16.0 Å². The first kappa shape index (κ1) is 35.2. The molecule has 3 aromatic carbocycles. The second-order valence-electron chi connectivity index (χ2n) is 13.2. The number of carbonyl (C=O) groups excluding carboxylic acids is 2. The average molecular weight is 732 g/mol. The predicted octanol–water partition coefficient (Wildman–Crippen LogP) is 8.17. The lowest BCUT2D eigenvalue weighted by Crippen LogP contribution is -2.59. The zero-order chi connectivity index (χ0) is 35.7. The molecule has 12 heteroatoms. The van der Waals surface area contributed by atoms with Gasteiger partial charge < -0.3 is 15.3 Å². The van der Waals surface area contributed by atoms with E-state index in [-0.39, 0.29) is 36.7 Å². The highest BCUT2D eigenvalue weighted by Gasteiger charge is 2.39. The number of carboxylic acid groups (broad SMARTS) is 1. The van der Waals surface area contributed by atoms with Crippen LogP contribution in [0, 0.1) is 11.7 Å². The fraction of sp³-hybridized carbons (Fsp3) is 0.237. The second kappa shape index (κ2) is 14.3. The Kier molecular flexibility index (Phi) is 10.1. The summed E-state index contributed by atoms with van der Waals surface area (Å²) in [4.78, 5) is 50.0. The SMILES string of the molecule is CC(C)(C)c1ccc(C(=O)N[C@@H](Cc2ccc(-c3ncc(-c4ccc(-c5ccc(Cl)c(Cl)c5)cc4F)cn3)cc2)C(=O)N2CC(C(=O)O)C2)s1. The molecule has 0 spiro atoms. The molecule has 0 bridgehead atoms. The minimum atomic E-state index is -0.947. The Labute approximate surface area is 302 Å². The number of aliphatic carboxylic acids is 1. The maximum absolute atomic E-state index is 15.2. The summed E-state index contributed by atoms with van der Waals surface area (Å²) in [5, 5.41) is 13.0. The zero-order valence-electron chi connectivity index (χ0n) is 27.4. The minimum Gasteiger partial charge on any atom is -0.481 e. The number of aromatic nitrogens is 2. The van der Waals surface area contributed by atoms with Crippen molar-refractivity contribution in [1.29, 1.82) is 0 Å². The molecule has 0 radical (unpaired) electrons. The standard InChI is InChI=1S/C38H33Cl2FN4O4S/c1-38(2,3)33-13-12-32(50-33)35(46)44-31(36(47)45-19-26(20-45)37(48)49)14-21-4-6-22(7-5-21)34-42-17-25(18-43-34)27-10-8-24(16-30(27)41)23-9-11-28(39)29(40)15-23/h4-13,15-18,26,31H,14,19-20H2,1-3H3,(H,44,46)(H,48,49)/t31-/m0/s1. The number of nitrogens with one attached hydrogen (secondary N) is 1. The highest BCUT2D eigenvalue weighted by molar-refractivity contribution is 7.14. The van der Waals surface area contributed by atoms with Crippen molar-refractivity contribution in [2.45, 2.75) is 38.6 Å². The molecule has 50 heavy (non-hydrogen) atoms. The third kappa shape index (κ3) is 7.72. The quantitative estimate of drug-likeness (QED) is 0.158. The Morgan fingerprint density at radius 2 is 1.54 bits per heavy atom. The topological polar surface area (TPSA) is 112 Å². The lowest BCUT2D eigenvalue weighted by Gasteiger charge is -2.38. The largest absolute Gasteiger partial charge is 0.481 e. The van der Waals surface area contributed by atoms with Crippen molar-refractivity contribution in [3.63, 3.8) is 0 Å². The summed E-state index contributed by atoms with van der Waals surface area (Å²) in [5.74, 6) is -2.25. The third-order valence-corrected chi connectivity index (χ3v) is 10.8. The molecule has 256 valence electrons. The van der Waals surface area contributed by atoms with Gasteiger partial charge >= 0.3 is 5.97 Å². The zero-order valence-corrected chi connectivity index (χ0v) is 29.7. The molecule has 1 saturated heterocycles.